The SMILES string of the molecule is CC(C)N1CCN(CC(O)Cn2nc(-c3ccc(C(F)(F)F)c(SCCN4CCOCC4)c3)c3c2CCN(S(C)(=O)=O)C3)CC1. The molecule has 252 valence electrons. The average molecular weight is 675 g/mol. The second-order valence-electron chi connectivity index (χ2n) is 12.4. The van der Waals surface area contributed by atoms with Crippen molar-refractivity contribution >= 4 is 21.8 Å². The molecule has 1 aromatic heterocycles. The molecule has 1 aromatic carbocycles. The van der Waals surface area contributed by atoms with Crippen LogP contribution in [0.15, 0.2) is 23.1 Å². The van der Waals surface area contributed by atoms with Crippen LogP contribution in [0.1, 0.15) is 30.7 Å². The van der Waals surface area contributed by atoms with Crippen LogP contribution in [-0.4, -0.2) is 139 Å². The number of β-amino-alcohol motifs (C(OH)–C–C–N with tert-alkyl or cyclic N) is 1. The van der Waals surface area contributed by atoms with Gasteiger partial charge in [0, 0.05) is 105 Å². The summed E-state index contributed by atoms with van der Waals surface area (Å²) < 4.78 is 75.6. The summed E-state index contributed by atoms with van der Waals surface area (Å²) in [6.07, 6.45) is -3.67. The van der Waals surface area contributed by atoms with Gasteiger partial charge >= 0.3 is 6.18 Å². The number of aromatic nitrogens is 2. The average Bonchev–Trinajstić information content (AvgIpc) is 3.34. The highest BCUT2D eigenvalue weighted by Crippen LogP contribution is 2.40. The van der Waals surface area contributed by atoms with Gasteiger partial charge in [-0.15, -0.1) is 11.8 Å². The summed E-state index contributed by atoms with van der Waals surface area (Å²) in [5.74, 6) is 0.485. The van der Waals surface area contributed by atoms with Crippen molar-refractivity contribution in [2.45, 2.75) is 56.6 Å². The van der Waals surface area contributed by atoms with E-state index in [0.29, 0.717) is 61.3 Å². The van der Waals surface area contributed by atoms with E-state index in [2.05, 4.69) is 28.5 Å². The fraction of sp³-hybridized carbons (Fsp3) is 0.700. The number of sulfonamides is 1. The number of piperazine rings is 1. The van der Waals surface area contributed by atoms with Crippen molar-refractivity contribution in [1.82, 2.24) is 28.8 Å². The number of hydrogen-bond acceptors (Lipinski definition) is 9. The van der Waals surface area contributed by atoms with Gasteiger partial charge in [-0.1, -0.05) is 6.07 Å². The van der Waals surface area contributed by atoms with Crippen molar-refractivity contribution in [3.63, 3.8) is 0 Å². The number of rotatable bonds is 11. The second-order valence-corrected chi connectivity index (χ2v) is 15.5. The minimum Gasteiger partial charge on any atom is -0.390 e. The number of alkyl halides is 3. The lowest BCUT2D eigenvalue weighted by molar-refractivity contribution is -0.139. The van der Waals surface area contributed by atoms with Crippen LogP contribution in [0.4, 0.5) is 13.2 Å². The van der Waals surface area contributed by atoms with E-state index in [-0.39, 0.29) is 24.5 Å². The Morgan fingerprint density at radius 3 is 2.38 bits per heavy atom. The number of aliphatic hydroxyl groups is 1. The van der Waals surface area contributed by atoms with E-state index < -0.39 is 27.9 Å². The predicted octanol–water partition coefficient (Wildman–Crippen LogP) is 2.70. The molecule has 2 fully saturated rings. The highest BCUT2D eigenvalue weighted by molar-refractivity contribution is 7.99. The predicted molar refractivity (Wildman–Crippen MR) is 169 cm³/mol. The first kappa shape index (κ1) is 34.6. The van der Waals surface area contributed by atoms with Gasteiger partial charge in [-0.05, 0) is 26.0 Å². The molecule has 10 nitrogen and oxygen atoms in total. The number of morpholine rings is 1. The molecule has 15 heteroatoms. The van der Waals surface area contributed by atoms with Gasteiger partial charge in [0.05, 0.1) is 43.4 Å². The molecular formula is C30H45F3N6O4S2. The van der Waals surface area contributed by atoms with Gasteiger partial charge in [-0.25, -0.2) is 8.42 Å². The number of benzene rings is 1. The van der Waals surface area contributed by atoms with E-state index in [4.69, 9.17) is 9.84 Å². The van der Waals surface area contributed by atoms with Crippen LogP contribution in [-0.2, 0) is 40.4 Å². The molecule has 1 atom stereocenters. The van der Waals surface area contributed by atoms with Gasteiger partial charge < -0.3 is 9.84 Å². The van der Waals surface area contributed by atoms with Gasteiger partial charge in [0.15, 0.2) is 0 Å². The fourth-order valence-electron chi connectivity index (χ4n) is 6.28. The number of aliphatic hydroxyl groups excluding tert-OH is 1. The van der Waals surface area contributed by atoms with E-state index in [0.717, 1.165) is 69.0 Å². The van der Waals surface area contributed by atoms with Gasteiger partial charge in [-0.2, -0.15) is 22.6 Å². The zero-order chi connectivity index (χ0) is 32.4. The third-order valence-corrected chi connectivity index (χ3v) is 11.2. The quantitative estimate of drug-likeness (QED) is 0.362. The lowest BCUT2D eigenvalue weighted by atomic mass is 10.0. The van der Waals surface area contributed by atoms with Crippen molar-refractivity contribution < 1.29 is 31.4 Å². The highest BCUT2D eigenvalue weighted by atomic mass is 32.2. The Hall–Kier alpha value is -1.72. The number of nitrogens with zero attached hydrogens (tertiary/aromatic N) is 6. The van der Waals surface area contributed by atoms with E-state index in [1.165, 1.54) is 16.4 Å². The molecule has 0 spiro atoms. The van der Waals surface area contributed by atoms with Crippen LogP contribution >= 0.6 is 11.8 Å². The first-order chi connectivity index (χ1) is 21.3. The third kappa shape index (κ3) is 8.80. The highest BCUT2D eigenvalue weighted by Gasteiger charge is 2.35. The molecule has 4 heterocycles. The van der Waals surface area contributed by atoms with Crippen molar-refractivity contribution in [1.29, 1.82) is 0 Å². The van der Waals surface area contributed by atoms with Gasteiger partial charge in [0.25, 0.3) is 0 Å². The maximum absolute atomic E-state index is 14.1. The molecule has 0 radical (unpaired) electrons. The molecule has 5 rings (SSSR count). The molecule has 0 amide bonds. The lowest BCUT2D eigenvalue weighted by Crippen LogP contribution is -2.50. The summed E-state index contributed by atoms with van der Waals surface area (Å²) in [7, 11) is -3.50. The summed E-state index contributed by atoms with van der Waals surface area (Å²) in [5, 5.41) is 15.9. The largest absolute Gasteiger partial charge is 0.417 e. The number of ether oxygens (including phenoxy) is 1. The molecule has 0 bridgehead atoms. The maximum atomic E-state index is 14.1. The third-order valence-electron chi connectivity index (χ3n) is 8.89. The second kappa shape index (κ2) is 14.6. The number of hydrogen-bond donors (Lipinski definition) is 1. The molecule has 0 saturated carbocycles. The van der Waals surface area contributed by atoms with Crippen LogP contribution in [0.2, 0.25) is 0 Å². The van der Waals surface area contributed by atoms with Gasteiger partial charge in [-0.3, -0.25) is 19.4 Å². The number of fused-ring (bicyclic) bond motifs is 1. The summed E-state index contributed by atoms with van der Waals surface area (Å²) >= 11 is 1.16. The van der Waals surface area contributed by atoms with E-state index in [1.807, 2.05) is 0 Å². The Labute approximate surface area is 268 Å². The van der Waals surface area contributed by atoms with E-state index >= 15 is 0 Å². The molecule has 2 aromatic rings. The summed E-state index contributed by atoms with van der Waals surface area (Å²) in [4.78, 5) is 6.95. The van der Waals surface area contributed by atoms with Crippen molar-refractivity contribution in [3.8, 4) is 11.3 Å². The van der Waals surface area contributed by atoms with E-state index in [9.17, 15) is 26.7 Å². The van der Waals surface area contributed by atoms with Crippen LogP contribution in [0.3, 0.4) is 0 Å². The Balaban J connectivity index is 1.39. The van der Waals surface area contributed by atoms with Crippen LogP contribution in [0, 0.1) is 0 Å². The minimum atomic E-state index is -4.52. The Morgan fingerprint density at radius 2 is 1.73 bits per heavy atom. The molecule has 0 aliphatic carbocycles. The van der Waals surface area contributed by atoms with Crippen molar-refractivity contribution in [2.24, 2.45) is 0 Å². The van der Waals surface area contributed by atoms with Crippen LogP contribution in [0.5, 0.6) is 0 Å². The molecule has 3 aliphatic rings. The first-order valence-corrected chi connectivity index (χ1v) is 18.5. The van der Waals surface area contributed by atoms with Crippen molar-refractivity contribution in [2.75, 3.05) is 84.1 Å². The standard InChI is InChI=1S/C30H45F3N6O4S2/c1-22(2)37-10-8-36(9-11-37)19-24(40)20-39-27-6-7-38(45(3,41)42)21-25(27)29(34-39)23-4-5-26(30(31,32)33)28(18-23)44-17-14-35-12-15-43-16-13-35/h4-5,18,22,24,40H,6-17,19-21H2,1-3H3. The van der Waals surface area contributed by atoms with Crippen LogP contribution < -0.4 is 0 Å². The Bertz CT molecular complexity index is 1410. The monoisotopic (exact) mass is 674 g/mol. The smallest absolute Gasteiger partial charge is 0.390 e. The minimum absolute atomic E-state index is 0.0806. The molecular weight excluding hydrogens is 629 g/mol. The Morgan fingerprint density at radius 1 is 1.02 bits per heavy atom. The lowest BCUT2D eigenvalue weighted by Gasteiger charge is -2.37. The number of halogens is 3. The molecule has 2 saturated heterocycles. The molecule has 1 unspecified atom stereocenters. The maximum Gasteiger partial charge on any atom is 0.417 e. The number of thioether (sulfide) groups is 1. The molecule has 3 aliphatic heterocycles. The Kier molecular flexibility index (Phi) is 11.2. The molecule has 45 heavy (non-hydrogen) atoms. The summed E-state index contributed by atoms with van der Waals surface area (Å²) in [5.41, 5.74) is 1.75. The van der Waals surface area contributed by atoms with Gasteiger partial charge in [0.2, 0.25) is 10.0 Å². The topological polar surface area (TPSA) is 94.4 Å². The van der Waals surface area contributed by atoms with Gasteiger partial charge in [0.1, 0.15) is 0 Å². The van der Waals surface area contributed by atoms with Crippen molar-refractivity contribution in [3.05, 3.63) is 35.0 Å². The van der Waals surface area contributed by atoms with E-state index in [1.54, 1.807) is 4.68 Å². The zero-order valence-electron chi connectivity index (χ0n) is 26.3. The summed E-state index contributed by atoms with van der Waals surface area (Å²) in [6.45, 7) is 12.4. The normalized spacial score (nSPS) is 20.5. The first-order valence-electron chi connectivity index (χ1n) is 15.6. The zero-order valence-corrected chi connectivity index (χ0v) is 27.9. The fourth-order valence-corrected chi connectivity index (χ4v) is 8.19. The van der Waals surface area contributed by atoms with Crippen LogP contribution in [0.25, 0.3) is 11.3 Å². The molecule has 1 N–H and O–H groups in total. The summed E-state index contributed by atoms with van der Waals surface area (Å²) in [6, 6.07) is 4.53.